The van der Waals surface area contributed by atoms with Gasteiger partial charge in [0.25, 0.3) is 0 Å². The van der Waals surface area contributed by atoms with Crippen molar-refractivity contribution >= 4 is 11.7 Å². The number of carbonyl (C=O) groups is 1. The molecule has 0 radical (unpaired) electrons. The highest BCUT2D eigenvalue weighted by Crippen LogP contribution is 2.46. The molecule has 5 heteroatoms. The summed E-state index contributed by atoms with van der Waals surface area (Å²) in [5.74, 6) is 0.959. The largest absolute Gasteiger partial charge is 0.347 e. The van der Waals surface area contributed by atoms with Gasteiger partial charge in [-0.25, -0.2) is 4.99 Å². The van der Waals surface area contributed by atoms with Crippen molar-refractivity contribution in [2.24, 2.45) is 4.99 Å². The van der Waals surface area contributed by atoms with Crippen LogP contribution in [0.4, 0.5) is 0 Å². The van der Waals surface area contributed by atoms with Crippen molar-refractivity contribution in [1.29, 1.82) is 5.26 Å². The third kappa shape index (κ3) is 6.70. The summed E-state index contributed by atoms with van der Waals surface area (Å²) in [6.45, 7) is 10.8. The number of amidine groups is 1. The van der Waals surface area contributed by atoms with Gasteiger partial charge in [0.05, 0.1) is 18.1 Å². The van der Waals surface area contributed by atoms with Crippen LogP contribution in [0.1, 0.15) is 64.0 Å². The minimum atomic E-state index is -0.0484. The Morgan fingerprint density at radius 1 is 1.37 bits per heavy atom. The van der Waals surface area contributed by atoms with E-state index in [4.69, 9.17) is 0 Å². The number of nitrogens with one attached hydrogen (secondary N) is 1. The highest BCUT2D eigenvalue weighted by Gasteiger charge is 2.48. The van der Waals surface area contributed by atoms with Crippen LogP contribution in [0.3, 0.4) is 0 Å². The molecular weight excluding hydrogens is 432 g/mol. The Morgan fingerprint density at radius 3 is 2.83 bits per heavy atom. The topological polar surface area (TPSA) is 68.5 Å². The average Bonchev–Trinajstić information content (AvgIpc) is 3.50. The second-order valence-electron chi connectivity index (χ2n) is 9.26. The van der Waals surface area contributed by atoms with Crippen molar-refractivity contribution in [2.45, 2.75) is 64.8 Å². The van der Waals surface area contributed by atoms with Gasteiger partial charge in [-0.2, -0.15) is 5.26 Å². The number of carbonyl (C=O) groups excluding carboxylic acids is 1. The molecule has 1 aliphatic carbocycles. The Balaban J connectivity index is 1.73. The van der Waals surface area contributed by atoms with E-state index in [1.54, 1.807) is 18.5 Å². The van der Waals surface area contributed by atoms with Crippen molar-refractivity contribution < 1.29 is 4.79 Å². The van der Waals surface area contributed by atoms with Crippen LogP contribution in [0.2, 0.25) is 0 Å². The molecule has 2 aliphatic rings. The van der Waals surface area contributed by atoms with Gasteiger partial charge in [0.1, 0.15) is 5.84 Å². The maximum Gasteiger partial charge on any atom is 0.227 e. The van der Waals surface area contributed by atoms with Crippen LogP contribution in [-0.2, 0) is 11.2 Å². The molecule has 0 aromatic heterocycles. The Hall–Kier alpha value is -3.65. The fourth-order valence-corrected chi connectivity index (χ4v) is 4.61. The number of hydrogen-bond acceptors (Lipinski definition) is 4. The van der Waals surface area contributed by atoms with Crippen molar-refractivity contribution in [3.63, 3.8) is 0 Å². The zero-order valence-electron chi connectivity index (χ0n) is 21.2. The Morgan fingerprint density at radius 2 is 2.17 bits per heavy atom. The molecule has 0 spiro atoms. The van der Waals surface area contributed by atoms with Crippen LogP contribution in [0.25, 0.3) is 0 Å². The average molecular weight is 469 g/mol. The molecule has 1 aliphatic heterocycles. The molecule has 0 unspecified atom stereocenters. The van der Waals surface area contributed by atoms with E-state index in [9.17, 15) is 10.1 Å². The summed E-state index contributed by atoms with van der Waals surface area (Å²) < 4.78 is 0. The minimum Gasteiger partial charge on any atom is -0.347 e. The quantitative estimate of drug-likeness (QED) is 0.425. The highest BCUT2D eigenvalue weighted by atomic mass is 16.2. The van der Waals surface area contributed by atoms with Crippen molar-refractivity contribution in [2.75, 3.05) is 6.54 Å². The van der Waals surface area contributed by atoms with Crippen molar-refractivity contribution in [3.8, 4) is 6.07 Å². The van der Waals surface area contributed by atoms with E-state index in [1.807, 2.05) is 37.3 Å². The normalized spacial score (nSPS) is 17.7. The predicted octanol–water partition coefficient (Wildman–Crippen LogP) is 6.13. The lowest BCUT2D eigenvalue weighted by molar-refractivity contribution is -0.133. The molecule has 35 heavy (non-hydrogen) atoms. The first kappa shape index (κ1) is 26.0. The molecule has 0 atom stereocenters. The van der Waals surface area contributed by atoms with Gasteiger partial charge < -0.3 is 10.2 Å². The summed E-state index contributed by atoms with van der Waals surface area (Å²) in [7, 11) is 0. The third-order valence-corrected chi connectivity index (χ3v) is 6.54. The molecule has 1 N–H and O–H groups in total. The van der Waals surface area contributed by atoms with Crippen LogP contribution >= 0.6 is 0 Å². The molecule has 1 heterocycles. The fraction of sp³-hybridized carbons (Fsp3) is 0.367. The van der Waals surface area contributed by atoms with E-state index in [-0.39, 0.29) is 11.4 Å². The van der Waals surface area contributed by atoms with Crippen LogP contribution in [0.5, 0.6) is 0 Å². The number of nitriles is 1. The molecule has 0 bridgehead atoms. The zero-order chi connectivity index (χ0) is 25.3. The Kier molecular flexibility index (Phi) is 9.03. The molecule has 1 aromatic rings. The van der Waals surface area contributed by atoms with Crippen molar-refractivity contribution in [1.82, 2.24) is 10.2 Å². The minimum absolute atomic E-state index is 0.0484. The SMILES string of the molecule is C=CNC1=NC=C/C1=C(/C=CC)C=C(C)CCC1(N(CCC)C(=O)Cc2cccc(C#N)c2)CC1. The van der Waals surface area contributed by atoms with Crippen LogP contribution < -0.4 is 5.32 Å². The second-order valence-corrected chi connectivity index (χ2v) is 9.26. The third-order valence-electron chi connectivity index (χ3n) is 6.54. The number of aliphatic imine (C=N–C) groups is 1. The first-order valence-electron chi connectivity index (χ1n) is 12.4. The molecule has 1 saturated carbocycles. The van der Waals surface area contributed by atoms with E-state index in [0.29, 0.717) is 12.0 Å². The van der Waals surface area contributed by atoms with Crippen LogP contribution in [0, 0.1) is 11.3 Å². The molecule has 1 aromatic carbocycles. The maximum atomic E-state index is 13.3. The Labute approximate surface area is 209 Å². The molecular formula is C30H36N4O. The summed E-state index contributed by atoms with van der Waals surface area (Å²) in [4.78, 5) is 19.8. The summed E-state index contributed by atoms with van der Waals surface area (Å²) in [6, 6.07) is 9.54. The molecule has 1 amide bonds. The van der Waals surface area contributed by atoms with Gasteiger partial charge in [0.15, 0.2) is 0 Å². The maximum absolute atomic E-state index is 13.3. The molecule has 5 nitrogen and oxygen atoms in total. The zero-order valence-corrected chi connectivity index (χ0v) is 21.2. The Bertz CT molecular complexity index is 1140. The van der Waals surface area contributed by atoms with E-state index >= 15 is 0 Å². The number of amides is 1. The first-order chi connectivity index (χ1) is 17.0. The molecule has 3 rings (SSSR count). The van der Waals surface area contributed by atoms with Crippen LogP contribution in [-0.4, -0.2) is 28.7 Å². The van der Waals surface area contributed by atoms with E-state index in [2.05, 4.69) is 53.9 Å². The van der Waals surface area contributed by atoms with Gasteiger partial charge >= 0.3 is 0 Å². The smallest absolute Gasteiger partial charge is 0.227 e. The lowest BCUT2D eigenvalue weighted by Crippen LogP contribution is -2.43. The molecule has 0 saturated heterocycles. The number of benzene rings is 1. The van der Waals surface area contributed by atoms with E-state index < -0.39 is 0 Å². The van der Waals surface area contributed by atoms with Gasteiger partial charge in [-0.1, -0.05) is 49.4 Å². The van der Waals surface area contributed by atoms with E-state index in [1.165, 1.54) is 5.57 Å². The summed E-state index contributed by atoms with van der Waals surface area (Å²) in [5, 5.41) is 12.3. The number of nitrogens with zero attached hydrogens (tertiary/aromatic N) is 3. The van der Waals surface area contributed by atoms with E-state index in [0.717, 1.165) is 61.2 Å². The second kappa shape index (κ2) is 12.2. The highest BCUT2D eigenvalue weighted by molar-refractivity contribution is 6.05. The van der Waals surface area contributed by atoms with Crippen molar-refractivity contribution in [3.05, 3.63) is 95.4 Å². The predicted molar refractivity (Wildman–Crippen MR) is 144 cm³/mol. The number of hydrogen-bond donors (Lipinski definition) is 1. The number of allylic oxidation sites excluding steroid dienone is 5. The monoisotopic (exact) mass is 468 g/mol. The summed E-state index contributed by atoms with van der Waals surface area (Å²) >= 11 is 0. The standard InChI is InChI=1S/C30H36N4O/c1-5-9-26(27-13-17-33-29(27)32-7-3)19-23(4)12-14-30(15-16-30)34(18-6-2)28(35)21-24-10-8-11-25(20-24)22-31/h5,7-11,13,17,19-20H,3,6,12,14-16,18,21H2,1-2,4H3,(H,32,33)/b9-5?,23-19?,27-26+. The van der Waals surface area contributed by atoms with Gasteiger partial charge in [0.2, 0.25) is 5.91 Å². The molecule has 182 valence electrons. The number of rotatable bonds is 11. The van der Waals surface area contributed by atoms with Gasteiger partial charge in [-0.05, 0) is 81.5 Å². The van der Waals surface area contributed by atoms with Crippen LogP contribution in [0.15, 0.2) is 89.3 Å². The van der Waals surface area contributed by atoms with Gasteiger partial charge in [-0.15, -0.1) is 0 Å². The lowest BCUT2D eigenvalue weighted by Gasteiger charge is -2.32. The lowest BCUT2D eigenvalue weighted by atomic mass is 9.98. The summed E-state index contributed by atoms with van der Waals surface area (Å²) in [5.41, 5.74) is 4.88. The fourth-order valence-electron chi connectivity index (χ4n) is 4.61. The van der Waals surface area contributed by atoms with Gasteiger partial charge in [0, 0.05) is 23.9 Å². The molecule has 1 fully saturated rings. The summed E-state index contributed by atoms with van der Waals surface area (Å²) in [6.07, 6.45) is 17.1. The first-order valence-corrected chi connectivity index (χ1v) is 12.4. The van der Waals surface area contributed by atoms with Gasteiger partial charge in [-0.3, -0.25) is 4.79 Å².